The van der Waals surface area contributed by atoms with Gasteiger partial charge in [-0.05, 0) is 25.0 Å². The smallest absolute Gasteiger partial charge is 0.229 e. The summed E-state index contributed by atoms with van der Waals surface area (Å²) >= 11 is 0. The average molecular weight is 328 g/mol. The van der Waals surface area contributed by atoms with E-state index in [0.29, 0.717) is 26.1 Å². The lowest BCUT2D eigenvalue weighted by atomic mass is 9.95. The predicted molar refractivity (Wildman–Crippen MR) is 85.9 cm³/mol. The van der Waals surface area contributed by atoms with Gasteiger partial charge in [0.1, 0.15) is 12.4 Å². The molecule has 2 aromatic rings. The molecule has 1 aromatic carbocycles. The standard InChI is InChI=1S/C17H20N4O3/c1-11-18-19-15-9-20(6-7-21(11)15)17(22)13-8-12-4-3-5-14(23-2)16(12)24-10-13/h3-5,13H,6-10H2,1-2H3/t13-/m1/s1. The first-order chi connectivity index (χ1) is 11.7. The zero-order chi connectivity index (χ0) is 16.7. The number of para-hydroxylation sites is 1. The van der Waals surface area contributed by atoms with Gasteiger partial charge in [-0.1, -0.05) is 12.1 Å². The largest absolute Gasteiger partial charge is 0.493 e. The number of rotatable bonds is 2. The summed E-state index contributed by atoms with van der Waals surface area (Å²) in [6.07, 6.45) is 0.674. The lowest BCUT2D eigenvalue weighted by molar-refractivity contribution is -0.138. The summed E-state index contributed by atoms with van der Waals surface area (Å²) in [5.41, 5.74) is 1.02. The second-order valence-electron chi connectivity index (χ2n) is 6.24. The molecule has 0 fully saturated rings. The van der Waals surface area contributed by atoms with Gasteiger partial charge in [0.15, 0.2) is 17.3 Å². The molecular formula is C17H20N4O3. The fraction of sp³-hybridized carbons (Fsp3) is 0.471. The van der Waals surface area contributed by atoms with Crippen LogP contribution in [0.15, 0.2) is 18.2 Å². The van der Waals surface area contributed by atoms with Gasteiger partial charge < -0.3 is 18.9 Å². The molecule has 1 aromatic heterocycles. The zero-order valence-corrected chi connectivity index (χ0v) is 13.9. The fourth-order valence-electron chi connectivity index (χ4n) is 3.46. The third-order valence-electron chi connectivity index (χ3n) is 4.77. The molecule has 2 aliphatic rings. The molecule has 4 rings (SSSR count). The number of benzene rings is 1. The Morgan fingerprint density at radius 1 is 1.33 bits per heavy atom. The highest BCUT2D eigenvalue weighted by Gasteiger charge is 2.33. The van der Waals surface area contributed by atoms with Crippen LogP contribution in [0.1, 0.15) is 17.2 Å². The Bertz CT molecular complexity index is 786. The van der Waals surface area contributed by atoms with Crippen molar-refractivity contribution in [2.45, 2.75) is 26.4 Å². The highest BCUT2D eigenvalue weighted by molar-refractivity contribution is 5.80. The lowest BCUT2D eigenvalue weighted by Crippen LogP contribution is -2.44. The van der Waals surface area contributed by atoms with Crippen molar-refractivity contribution in [2.24, 2.45) is 5.92 Å². The van der Waals surface area contributed by atoms with E-state index in [4.69, 9.17) is 9.47 Å². The molecule has 0 unspecified atom stereocenters. The van der Waals surface area contributed by atoms with E-state index in [-0.39, 0.29) is 11.8 Å². The molecule has 0 spiro atoms. The molecule has 0 saturated heterocycles. The Morgan fingerprint density at radius 2 is 2.21 bits per heavy atom. The van der Waals surface area contributed by atoms with Crippen molar-refractivity contribution in [1.29, 1.82) is 0 Å². The zero-order valence-electron chi connectivity index (χ0n) is 13.9. The Hall–Kier alpha value is -2.57. The van der Waals surface area contributed by atoms with Crippen molar-refractivity contribution in [3.63, 3.8) is 0 Å². The van der Waals surface area contributed by atoms with Gasteiger partial charge in [0.25, 0.3) is 0 Å². The maximum Gasteiger partial charge on any atom is 0.229 e. The molecule has 3 heterocycles. The molecule has 24 heavy (non-hydrogen) atoms. The molecule has 1 atom stereocenters. The van der Waals surface area contributed by atoms with E-state index in [1.165, 1.54) is 0 Å². The van der Waals surface area contributed by atoms with Gasteiger partial charge >= 0.3 is 0 Å². The number of amides is 1. The first kappa shape index (κ1) is 15.0. The van der Waals surface area contributed by atoms with Crippen molar-refractivity contribution < 1.29 is 14.3 Å². The highest BCUT2D eigenvalue weighted by atomic mass is 16.5. The summed E-state index contributed by atoms with van der Waals surface area (Å²) in [5.74, 6) is 3.19. The van der Waals surface area contributed by atoms with Crippen LogP contribution in [0.3, 0.4) is 0 Å². The van der Waals surface area contributed by atoms with Gasteiger partial charge in [-0.15, -0.1) is 10.2 Å². The number of aryl methyl sites for hydroxylation is 1. The van der Waals surface area contributed by atoms with Crippen LogP contribution in [0.4, 0.5) is 0 Å². The van der Waals surface area contributed by atoms with E-state index in [9.17, 15) is 4.79 Å². The third-order valence-corrected chi connectivity index (χ3v) is 4.77. The Morgan fingerprint density at radius 3 is 3.04 bits per heavy atom. The molecule has 0 aliphatic carbocycles. The number of methoxy groups -OCH3 is 1. The molecule has 7 nitrogen and oxygen atoms in total. The van der Waals surface area contributed by atoms with Crippen LogP contribution in [0.25, 0.3) is 0 Å². The molecule has 0 N–H and O–H groups in total. The van der Waals surface area contributed by atoms with Crippen molar-refractivity contribution in [3.05, 3.63) is 35.4 Å². The molecule has 0 bridgehead atoms. The van der Waals surface area contributed by atoms with Crippen LogP contribution in [-0.2, 0) is 24.3 Å². The normalized spacial score (nSPS) is 19.2. The first-order valence-corrected chi connectivity index (χ1v) is 8.13. The molecule has 0 saturated carbocycles. The van der Waals surface area contributed by atoms with E-state index < -0.39 is 0 Å². The van der Waals surface area contributed by atoms with Gasteiger partial charge in [-0.3, -0.25) is 4.79 Å². The highest BCUT2D eigenvalue weighted by Crippen LogP contribution is 2.36. The third kappa shape index (κ3) is 2.40. The van der Waals surface area contributed by atoms with Crippen molar-refractivity contribution in [1.82, 2.24) is 19.7 Å². The molecule has 126 valence electrons. The van der Waals surface area contributed by atoms with Crippen molar-refractivity contribution in [3.8, 4) is 11.5 Å². The lowest BCUT2D eigenvalue weighted by Gasteiger charge is -2.33. The maximum atomic E-state index is 12.9. The summed E-state index contributed by atoms with van der Waals surface area (Å²) in [6.45, 7) is 4.27. The van der Waals surface area contributed by atoms with Gasteiger partial charge in [-0.25, -0.2) is 0 Å². The van der Waals surface area contributed by atoms with Crippen molar-refractivity contribution in [2.75, 3.05) is 20.3 Å². The quantitative estimate of drug-likeness (QED) is 0.828. The number of nitrogens with zero attached hydrogens (tertiary/aromatic N) is 4. The van der Waals surface area contributed by atoms with Gasteiger partial charge in [-0.2, -0.15) is 0 Å². The van der Waals surface area contributed by atoms with Crippen molar-refractivity contribution >= 4 is 5.91 Å². The summed E-state index contributed by atoms with van der Waals surface area (Å²) in [5, 5.41) is 8.25. The predicted octanol–water partition coefficient (Wildman–Crippen LogP) is 1.19. The number of fused-ring (bicyclic) bond motifs is 2. The number of carbonyl (C=O) groups excluding carboxylic acids is 1. The molecule has 7 heteroatoms. The summed E-state index contributed by atoms with van der Waals surface area (Å²) in [6, 6.07) is 5.80. The number of hydrogen-bond donors (Lipinski definition) is 0. The molecular weight excluding hydrogens is 308 g/mol. The minimum absolute atomic E-state index is 0.121. The molecule has 2 aliphatic heterocycles. The maximum absolute atomic E-state index is 12.9. The van der Waals surface area contributed by atoms with Crippen LogP contribution in [-0.4, -0.2) is 45.8 Å². The number of carbonyl (C=O) groups is 1. The van der Waals surface area contributed by atoms with E-state index >= 15 is 0 Å². The fourth-order valence-corrected chi connectivity index (χ4v) is 3.46. The molecule has 1 amide bonds. The number of ether oxygens (including phenoxy) is 2. The SMILES string of the molecule is COc1cccc2c1OC[C@H](C(=O)N1CCn3c(C)nnc3C1)C2. The minimum atomic E-state index is -0.167. The minimum Gasteiger partial charge on any atom is -0.493 e. The Balaban J connectivity index is 1.50. The Kier molecular flexibility index (Phi) is 3.63. The monoisotopic (exact) mass is 328 g/mol. The second-order valence-corrected chi connectivity index (χ2v) is 6.24. The average Bonchev–Trinajstić information content (AvgIpc) is 3.00. The first-order valence-electron chi connectivity index (χ1n) is 8.13. The van der Waals surface area contributed by atoms with E-state index in [0.717, 1.165) is 35.3 Å². The number of hydrogen-bond acceptors (Lipinski definition) is 5. The topological polar surface area (TPSA) is 69.5 Å². The molecule has 0 radical (unpaired) electrons. The summed E-state index contributed by atoms with van der Waals surface area (Å²) in [4.78, 5) is 14.8. The van der Waals surface area contributed by atoms with Crippen LogP contribution < -0.4 is 9.47 Å². The van der Waals surface area contributed by atoms with E-state index in [1.54, 1.807) is 7.11 Å². The van der Waals surface area contributed by atoms with Crippen LogP contribution in [0, 0.1) is 12.8 Å². The summed E-state index contributed by atoms with van der Waals surface area (Å²) < 4.78 is 13.2. The van der Waals surface area contributed by atoms with Gasteiger partial charge in [0, 0.05) is 13.1 Å². The Labute approximate surface area is 140 Å². The number of aromatic nitrogens is 3. The van der Waals surface area contributed by atoms with E-state index in [2.05, 4.69) is 14.8 Å². The van der Waals surface area contributed by atoms with Gasteiger partial charge in [0.05, 0.1) is 19.6 Å². The second kappa shape index (κ2) is 5.81. The van der Waals surface area contributed by atoms with Crippen LogP contribution in [0.2, 0.25) is 0 Å². The van der Waals surface area contributed by atoms with Crippen LogP contribution in [0.5, 0.6) is 11.5 Å². The summed E-state index contributed by atoms with van der Waals surface area (Å²) in [7, 11) is 1.63. The van der Waals surface area contributed by atoms with Gasteiger partial charge in [0.2, 0.25) is 5.91 Å². The van der Waals surface area contributed by atoms with Crippen LogP contribution >= 0.6 is 0 Å². The van der Waals surface area contributed by atoms with E-state index in [1.807, 2.05) is 30.0 Å².